The molecule has 3 rings (SSSR count). The summed E-state index contributed by atoms with van der Waals surface area (Å²) in [5.74, 6) is -0.302. The number of ether oxygens (including phenoxy) is 1. The van der Waals surface area contributed by atoms with E-state index in [1.54, 1.807) is 49.4 Å². The fourth-order valence-electron chi connectivity index (χ4n) is 3.47. The number of rotatable bonds is 10. The van der Waals surface area contributed by atoms with Crippen molar-refractivity contribution in [3.63, 3.8) is 0 Å². The van der Waals surface area contributed by atoms with Gasteiger partial charge in [-0.05, 0) is 48.7 Å². The van der Waals surface area contributed by atoms with Crippen molar-refractivity contribution in [2.24, 2.45) is 5.73 Å². The third-order valence-electron chi connectivity index (χ3n) is 5.07. The summed E-state index contributed by atoms with van der Waals surface area (Å²) in [4.78, 5) is 12.1. The zero-order valence-corrected chi connectivity index (χ0v) is 18.7. The first-order chi connectivity index (χ1) is 15.4. The van der Waals surface area contributed by atoms with Crippen LogP contribution in [0.2, 0.25) is 0 Å². The number of esters is 1. The molecule has 0 aliphatic heterocycles. The number of hydrogen-bond acceptors (Lipinski definition) is 6. The smallest absolute Gasteiger partial charge is 0.339 e. The molecule has 7 heteroatoms. The number of hydrogen-bond donors (Lipinski definition) is 1. The topological polar surface area (TPSA) is 95.7 Å². The lowest BCUT2D eigenvalue weighted by atomic mass is 9.85. The van der Waals surface area contributed by atoms with E-state index in [9.17, 15) is 13.2 Å². The van der Waals surface area contributed by atoms with Gasteiger partial charge < -0.3 is 14.7 Å². The Kier molecular flexibility index (Phi) is 8.03. The molecule has 0 fully saturated rings. The quantitative estimate of drug-likeness (QED) is 0.367. The predicted molar refractivity (Wildman–Crippen MR) is 123 cm³/mol. The second-order valence-electron chi connectivity index (χ2n) is 7.39. The van der Waals surface area contributed by atoms with Gasteiger partial charge in [0.25, 0.3) is 0 Å². The lowest BCUT2D eigenvalue weighted by Gasteiger charge is -2.24. The molecule has 32 heavy (non-hydrogen) atoms. The van der Waals surface area contributed by atoms with Gasteiger partial charge >= 0.3 is 16.1 Å². The van der Waals surface area contributed by atoms with Crippen LogP contribution in [0.3, 0.4) is 0 Å². The lowest BCUT2D eigenvalue weighted by molar-refractivity contribution is -0.143. The molecule has 3 aromatic rings. The maximum Gasteiger partial charge on any atom is 0.339 e. The molecule has 3 aromatic carbocycles. The molecule has 0 saturated carbocycles. The zero-order valence-electron chi connectivity index (χ0n) is 17.9. The SMILES string of the molecule is CCOC(=O)CC(N)C(Cc1ccccc1)c1ccc(OS(=O)(=O)c2ccccc2)cc1. The standard InChI is InChI=1S/C25H27NO5S/c1-2-30-25(27)18-24(26)23(17-19-9-5-3-6-10-19)20-13-15-21(16-14-20)31-32(28,29)22-11-7-4-8-12-22/h3-16,23-24H,2,17-18,26H2,1H3. The van der Waals surface area contributed by atoms with Crippen molar-refractivity contribution in [3.8, 4) is 5.75 Å². The number of benzene rings is 3. The van der Waals surface area contributed by atoms with Crippen molar-refractivity contribution in [1.82, 2.24) is 0 Å². The van der Waals surface area contributed by atoms with Crippen molar-refractivity contribution in [3.05, 3.63) is 96.1 Å². The number of nitrogens with two attached hydrogens (primary N) is 1. The van der Waals surface area contributed by atoms with Crippen molar-refractivity contribution < 1.29 is 22.1 Å². The van der Waals surface area contributed by atoms with Crippen LogP contribution >= 0.6 is 0 Å². The molecule has 6 nitrogen and oxygen atoms in total. The Morgan fingerprint density at radius 2 is 1.50 bits per heavy atom. The zero-order chi connectivity index (χ0) is 23.0. The highest BCUT2D eigenvalue weighted by Gasteiger charge is 2.24. The van der Waals surface area contributed by atoms with E-state index in [0.29, 0.717) is 13.0 Å². The van der Waals surface area contributed by atoms with Gasteiger partial charge in [-0.25, -0.2) is 0 Å². The normalized spacial score (nSPS) is 13.2. The van der Waals surface area contributed by atoms with E-state index in [2.05, 4.69) is 0 Å². The molecule has 2 unspecified atom stereocenters. The molecule has 0 amide bonds. The van der Waals surface area contributed by atoms with Crippen molar-refractivity contribution >= 4 is 16.1 Å². The molecule has 0 aliphatic carbocycles. The Labute approximate surface area is 189 Å². The van der Waals surface area contributed by atoms with Crippen LogP contribution in [-0.2, 0) is 26.1 Å². The van der Waals surface area contributed by atoms with Crippen LogP contribution < -0.4 is 9.92 Å². The maximum atomic E-state index is 12.5. The van der Waals surface area contributed by atoms with Crippen LogP contribution in [0.15, 0.2) is 89.8 Å². The van der Waals surface area contributed by atoms with E-state index in [0.717, 1.165) is 11.1 Å². The highest BCUT2D eigenvalue weighted by molar-refractivity contribution is 7.87. The summed E-state index contributed by atoms with van der Waals surface area (Å²) in [6.07, 6.45) is 0.718. The van der Waals surface area contributed by atoms with Gasteiger partial charge in [0.05, 0.1) is 13.0 Å². The van der Waals surface area contributed by atoms with Gasteiger partial charge in [-0.15, -0.1) is 0 Å². The molecule has 168 valence electrons. The van der Waals surface area contributed by atoms with Crippen LogP contribution in [0.1, 0.15) is 30.4 Å². The fourth-order valence-corrected chi connectivity index (χ4v) is 4.42. The van der Waals surface area contributed by atoms with Gasteiger partial charge in [0.15, 0.2) is 0 Å². The first-order valence-corrected chi connectivity index (χ1v) is 11.8. The van der Waals surface area contributed by atoms with Crippen LogP contribution in [0.4, 0.5) is 0 Å². The van der Waals surface area contributed by atoms with Crippen molar-refractivity contribution in [2.75, 3.05) is 6.61 Å². The van der Waals surface area contributed by atoms with Crippen LogP contribution in [0.25, 0.3) is 0 Å². The van der Waals surface area contributed by atoms with Crippen molar-refractivity contribution in [1.29, 1.82) is 0 Å². The van der Waals surface area contributed by atoms with Crippen LogP contribution in [0.5, 0.6) is 5.75 Å². The summed E-state index contributed by atoms with van der Waals surface area (Å²) >= 11 is 0. The Morgan fingerprint density at radius 3 is 2.09 bits per heavy atom. The van der Waals surface area contributed by atoms with Crippen molar-refractivity contribution in [2.45, 2.75) is 36.6 Å². The molecule has 0 radical (unpaired) electrons. The molecule has 0 aromatic heterocycles. The summed E-state index contributed by atoms with van der Waals surface area (Å²) in [6, 6.07) is 24.1. The average Bonchev–Trinajstić information content (AvgIpc) is 2.79. The maximum absolute atomic E-state index is 12.5. The predicted octanol–water partition coefficient (Wildman–Crippen LogP) is 4.06. The van der Waals surface area contributed by atoms with E-state index >= 15 is 0 Å². The van der Waals surface area contributed by atoms with Crippen LogP contribution in [0, 0.1) is 0 Å². The second-order valence-corrected chi connectivity index (χ2v) is 8.94. The Bertz CT molecular complexity index is 1100. The first-order valence-electron chi connectivity index (χ1n) is 10.4. The highest BCUT2D eigenvalue weighted by Crippen LogP contribution is 2.28. The molecule has 0 spiro atoms. The van der Waals surface area contributed by atoms with E-state index in [4.69, 9.17) is 14.7 Å². The Hall–Kier alpha value is -3.16. The van der Waals surface area contributed by atoms with Gasteiger partial charge in [-0.3, -0.25) is 4.79 Å². The molecule has 2 N–H and O–H groups in total. The van der Waals surface area contributed by atoms with E-state index in [1.165, 1.54) is 12.1 Å². The highest BCUT2D eigenvalue weighted by atomic mass is 32.2. The van der Waals surface area contributed by atoms with E-state index in [-0.39, 0.29) is 29.0 Å². The summed E-state index contributed by atoms with van der Waals surface area (Å²) < 4.78 is 35.2. The summed E-state index contributed by atoms with van der Waals surface area (Å²) in [7, 11) is -3.92. The number of carbonyl (C=O) groups is 1. The second kappa shape index (κ2) is 10.9. The minimum absolute atomic E-state index is 0.0856. The minimum Gasteiger partial charge on any atom is -0.466 e. The average molecular weight is 454 g/mol. The molecular formula is C25H27NO5S. The summed E-state index contributed by atoms with van der Waals surface area (Å²) in [6.45, 7) is 2.06. The molecule has 0 bridgehead atoms. The van der Waals surface area contributed by atoms with Gasteiger partial charge in [0.1, 0.15) is 10.6 Å². The third kappa shape index (κ3) is 6.42. The van der Waals surface area contributed by atoms with Crippen LogP contribution in [-0.4, -0.2) is 27.0 Å². The monoisotopic (exact) mass is 453 g/mol. The van der Waals surface area contributed by atoms with E-state index < -0.39 is 16.2 Å². The Balaban J connectivity index is 1.80. The fraction of sp³-hybridized carbons (Fsp3) is 0.240. The summed E-state index contributed by atoms with van der Waals surface area (Å²) in [5, 5.41) is 0. The number of carbonyl (C=O) groups excluding carboxylic acids is 1. The summed E-state index contributed by atoms with van der Waals surface area (Å²) in [5.41, 5.74) is 8.39. The van der Waals surface area contributed by atoms with Gasteiger partial charge in [0.2, 0.25) is 0 Å². The van der Waals surface area contributed by atoms with Gasteiger partial charge in [0, 0.05) is 12.0 Å². The molecule has 0 heterocycles. The molecule has 2 atom stereocenters. The van der Waals surface area contributed by atoms with Gasteiger partial charge in [-0.2, -0.15) is 8.42 Å². The Morgan fingerprint density at radius 1 is 0.906 bits per heavy atom. The first kappa shape index (κ1) is 23.5. The lowest BCUT2D eigenvalue weighted by Crippen LogP contribution is -2.33. The van der Waals surface area contributed by atoms with Gasteiger partial charge in [-0.1, -0.05) is 60.7 Å². The molecule has 0 saturated heterocycles. The minimum atomic E-state index is -3.92. The molecule has 0 aliphatic rings. The molecular weight excluding hydrogens is 426 g/mol. The van der Waals surface area contributed by atoms with E-state index in [1.807, 2.05) is 30.3 Å². The third-order valence-corrected chi connectivity index (χ3v) is 6.33. The largest absolute Gasteiger partial charge is 0.466 e.